The fourth-order valence-electron chi connectivity index (χ4n) is 2.67. The van der Waals surface area contributed by atoms with Gasteiger partial charge in [-0.15, -0.1) is 11.3 Å². The number of likely N-dealkylation sites (tertiary alicyclic amines) is 1. The van der Waals surface area contributed by atoms with E-state index in [0.29, 0.717) is 40.3 Å². The first-order valence-corrected chi connectivity index (χ1v) is 8.68. The van der Waals surface area contributed by atoms with Crippen molar-refractivity contribution in [1.82, 2.24) is 10.2 Å². The van der Waals surface area contributed by atoms with Gasteiger partial charge in [0.2, 0.25) is 0 Å². The Morgan fingerprint density at radius 2 is 2.09 bits per heavy atom. The van der Waals surface area contributed by atoms with Crippen LogP contribution < -0.4 is 5.32 Å². The summed E-state index contributed by atoms with van der Waals surface area (Å²) < 4.78 is 5.57. The van der Waals surface area contributed by atoms with E-state index in [1.54, 1.807) is 18.2 Å². The van der Waals surface area contributed by atoms with Gasteiger partial charge >= 0.3 is 0 Å². The van der Waals surface area contributed by atoms with Crippen molar-refractivity contribution in [3.63, 3.8) is 0 Å². The quantitative estimate of drug-likeness (QED) is 0.918. The largest absolute Gasteiger partial charge is 0.472 e. The first kappa shape index (κ1) is 16.1. The second kappa shape index (κ2) is 7.19. The highest BCUT2D eigenvalue weighted by Crippen LogP contribution is 2.22. The average molecular weight is 353 g/mol. The molecule has 122 valence electrons. The minimum absolute atomic E-state index is 0.00876. The molecule has 5 nitrogen and oxygen atoms in total. The maximum absolute atomic E-state index is 12.2. The molecule has 0 aliphatic carbocycles. The van der Waals surface area contributed by atoms with Crippen LogP contribution in [0.15, 0.2) is 35.1 Å². The van der Waals surface area contributed by atoms with Crippen LogP contribution in [0, 0.1) is 5.92 Å². The van der Waals surface area contributed by atoms with Crippen LogP contribution in [-0.2, 0) is 0 Å². The van der Waals surface area contributed by atoms with E-state index in [1.807, 2.05) is 4.90 Å². The van der Waals surface area contributed by atoms with Crippen LogP contribution in [0.3, 0.4) is 0 Å². The van der Waals surface area contributed by atoms with Crippen molar-refractivity contribution in [2.45, 2.75) is 12.8 Å². The third-order valence-electron chi connectivity index (χ3n) is 4.02. The zero-order chi connectivity index (χ0) is 16.2. The molecule has 1 N–H and O–H groups in total. The van der Waals surface area contributed by atoms with Crippen LogP contribution in [0.1, 0.15) is 32.9 Å². The molecule has 7 heteroatoms. The lowest BCUT2D eigenvalue weighted by molar-refractivity contribution is 0.0683. The van der Waals surface area contributed by atoms with Gasteiger partial charge in [0, 0.05) is 19.6 Å². The molecule has 1 aliphatic heterocycles. The summed E-state index contributed by atoms with van der Waals surface area (Å²) in [6.07, 6.45) is 4.75. The van der Waals surface area contributed by atoms with Crippen LogP contribution in [0.4, 0.5) is 0 Å². The number of piperidine rings is 1. The number of furan rings is 1. The molecule has 1 saturated heterocycles. The van der Waals surface area contributed by atoms with E-state index >= 15 is 0 Å². The average Bonchev–Trinajstić information content (AvgIpc) is 3.24. The Labute approximate surface area is 143 Å². The van der Waals surface area contributed by atoms with Crippen molar-refractivity contribution >= 4 is 34.8 Å². The summed E-state index contributed by atoms with van der Waals surface area (Å²) >= 11 is 7.11. The van der Waals surface area contributed by atoms with Crippen molar-refractivity contribution in [2.24, 2.45) is 5.92 Å². The third kappa shape index (κ3) is 3.95. The van der Waals surface area contributed by atoms with Gasteiger partial charge in [-0.1, -0.05) is 11.6 Å². The molecular formula is C16H17ClN2O3S. The molecule has 3 rings (SSSR count). The number of carbonyl (C=O) groups excluding carboxylic acids is 2. The van der Waals surface area contributed by atoms with Gasteiger partial charge in [-0.3, -0.25) is 9.59 Å². The summed E-state index contributed by atoms with van der Waals surface area (Å²) in [4.78, 5) is 26.7. The maximum atomic E-state index is 12.2. The van der Waals surface area contributed by atoms with Crippen LogP contribution in [-0.4, -0.2) is 36.3 Å². The zero-order valence-corrected chi connectivity index (χ0v) is 14.0. The molecule has 0 saturated carbocycles. The number of halogens is 1. The number of hydrogen-bond acceptors (Lipinski definition) is 4. The zero-order valence-electron chi connectivity index (χ0n) is 12.5. The topological polar surface area (TPSA) is 62.6 Å². The van der Waals surface area contributed by atoms with Crippen LogP contribution >= 0.6 is 22.9 Å². The molecule has 23 heavy (non-hydrogen) atoms. The molecule has 0 unspecified atom stereocenters. The van der Waals surface area contributed by atoms with E-state index in [1.165, 1.54) is 23.9 Å². The number of carbonyl (C=O) groups is 2. The molecule has 2 aromatic rings. The fourth-order valence-corrected chi connectivity index (χ4v) is 3.63. The van der Waals surface area contributed by atoms with Crippen molar-refractivity contribution in [3.8, 4) is 0 Å². The smallest absolute Gasteiger partial charge is 0.261 e. The molecular weight excluding hydrogens is 336 g/mol. The van der Waals surface area contributed by atoms with Gasteiger partial charge in [0.15, 0.2) is 0 Å². The fraction of sp³-hybridized carbons (Fsp3) is 0.375. The Hall–Kier alpha value is -1.79. The summed E-state index contributed by atoms with van der Waals surface area (Å²) in [5.41, 5.74) is 0.589. The standard InChI is InChI=1S/C16H17ClN2O3S/c17-14-2-1-13(23-14)15(20)18-9-11-3-6-19(7-4-11)16(21)12-5-8-22-10-12/h1-2,5,8,10-11H,3-4,6-7,9H2,(H,18,20). The molecule has 1 aliphatic rings. The van der Waals surface area contributed by atoms with Gasteiger partial charge in [0.25, 0.3) is 11.8 Å². The normalized spacial score (nSPS) is 15.6. The maximum Gasteiger partial charge on any atom is 0.261 e. The summed E-state index contributed by atoms with van der Waals surface area (Å²) in [5, 5.41) is 2.95. The SMILES string of the molecule is O=C(NCC1CCN(C(=O)c2ccoc2)CC1)c1ccc(Cl)s1. The van der Waals surface area contributed by atoms with Gasteiger partial charge in [-0.2, -0.15) is 0 Å². The second-order valence-corrected chi connectivity index (χ2v) is 7.28. The van der Waals surface area contributed by atoms with Gasteiger partial charge in [0.05, 0.1) is 21.0 Å². The number of rotatable bonds is 4. The van der Waals surface area contributed by atoms with E-state index in [4.69, 9.17) is 16.0 Å². The Morgan fingerprint density at radius 1 is 1.30 bits per heavy atom. The molecule has 2 amide bonds. The van der Waals surface area contributed by atoms with Gasteiger partial charge < -0.3 is 14.6 Å². The number of thiophene rings is 1. The highest BCUT2D eigenvalue weighted by Gasteiger charge is 2.24. The van der Waals surface area contributed by atoms with Gasteiger partial charge in [-0.25, -0.2) is 0 Å². The summed E-state index contributed by atoms with van der Waals surface area (Å²) in [7, 11) is 0. The Kier molecular flexibility index (Phi) is 5.03. The van der Waals surface area contributed by atoms with E-state index in [-0.39, 0.29) is 11.8 Å². The van der Waals surface area contributed by atoms with Crippen LogP contribution in [0.5, 0.6) is 0 Å². The number of hydrogen-bond donors (Lipinski definition) is 1. The summed E-state index contributed by atoms with van der Waals surface area (Å²) in [6.45, 7) is 2.03. The Bertz CT molecular complexity index is 675. The van der Waals surface area contributed by atoms with Crippen molar-refractivity contribution in [3.05, 3.63) is 45.5 Å². The molecule has 1 fully saturated rings. The lowest BCUT2D eigenvalue weighted by Gasteiger charge is -2.31. The minimum atomic E-state index is -0.0844. The second-order valence-electron chi connectivity index (χ2n) is 5.56. The first-order valence-electron chi connectivity index (χ1n) is 7.48. The van der Waals surface area contributed by atoms with Crippen molar-refractivity contribution in [1.29, 1.82) is 0 Å². The van der Waals surface area contributed by atoms with Gasteiger partial charge in [-0.05, 0) is 37.0 Å². The summed E-state index contributed by atoms with van der Waals surface area (Å²) in [5.74, 6) is 0.316. The van der Waals surface area contributed by atoms with E-state index in [2.05, 4.69) is 5.32 Å². The minimum Gasteiger partial charge on any atom is -0.472 e. The lowest BCUT2D eigenvalue weighted by Crippen LogP contribution is -2.41. The molecule has 2 aromatic heterocycles. The van der Waals surface area contributed by atoms with Gasteiger partial charge in [0.1, 0.15) is 6.26 Å². The van der Waals surface area contributed by atoms with E-state index in [9.17, 15) is 9.59 Å². The Morgan fingerprint density at radius 3 is 2.70 bits per heavy atom. The molecule has 0 aromatic carbocycles. The van der Waals surface area contributed by atoms with E-state index in [0.717, 1.165) is 12.8 Å². The van der Waals surface area contributed by atoms with Crippen molar-refractivity contribution in [2.75, 3.05) is 19.6 Å². The lowest BCUT2D eigenvalue weighted by atomic mass is 9.96. The molecule has 3 heterocycles. The molecule has 0 atom stereocenters. The number of nitrogens with zero attached hydrogens (tertiary/aromatic N) is 1. The number of nitrogens with one attached hydrogen (secondary N) is 1. The third-order valence-corrected chi connectivity index (χ3v) is 5.25. The van der Waals surface area contributed by atoms with E-state index < -0.39 is 0 Å². The first-order chi connectivity index (χ1) is 11.1. The Balaban J connectivity index is 1.44. The van der Waals surface area contributed by atoms with Crippen LogP contribution in [0.2, 0.25) is 4.34 Å². The summed E-state index contributed by atoms with van der Waals surface area (Å²) in [6, 6.07) is 5.14. The van der Waals surface area contributed by atoms with Crippen LogP contribution in [0.25, 0.3) is 0 Å². The van der Waals surface area contributed by atoms with Crippen molar-refractivity contribution < 1.29 is 14.0 Å². The molecule has 0 radical (unpaired) electrons. The highest BCUT2D eigenvalue weighted by atomic mass is 35.5. The number of amides is 2. The highest BCUT2D eigenvalue weighted by molar-refractivity contribution is 7.17. The molecule has 0 bridgehead atoms. The predicted octanol–water partition coefficient (Wildman–Crippen LogP) is 3.28. The molecule has 0 spiro atoms. The monoisotopic (exact) mass is 352 g/mol. The predicted molar refractivity (Wildman–Crippen MR) is 89.0 cm³/mol.